The number of ether oxygens (including phenoxy) is 3. The van der Waals surface area contributed by atoms with E-state index >= 15 is 0 Å². The monoisotopic (exact) mass is 395 g/mol. The lowest BCUT2D eigenvalue weighted by atomic mass is 10.2. The lowest BCUT2D eigenvalue weighted by Gasteiger charge is -2.12. The van der Waals surface area contributed by atoms with Crippen LogP contribution in [-0.4, -0.2) is 41.7 Å². The number of methoxy groups -OCH3 is 1. The molecular weight excluding hydrogens is 374 g/mol. The molecule has 0 saturated heterocycles. The summed E-state index contributed by atoms with van der Waals surface area (Å²) in [5, 5.41) is 4.67. The van der Waals surface area contributed by atoms with Crippen LogP contribution in [0.25, 0.3) is 10.9 Å². The predicted octanol–water partition coefficient (Wildman–Crippen LogP) is 2.62. The summed E-state index contributed by atoms with van der Waals surface area (Å²) in [5.74, 6) is 0.362. The molecule has 1 aromatic heterocycles. The number of carbonyl (C=O) groups excluding carboxylic acids is 1. The van der Waals surface area contributed by atoms with Crippen molar-refractivity contribution in [1.82, 2.24) is 9.66 Å². The maximum Gasteiger partial charge on any atom is 0.344 e. The second-order valence-corrected chi connectivity index (χ2v) is 6.39. The molecule has 3 rings (SSSR count). The molecule has 0 unspecified atom stereocenters. The number of para-hydroxylation sites is 1. The van der Waals surface area contributed by atoms with E-state index in [1.807, 2.05) is 6.07 Å². The van der Waals surface area contributed by atoms with Crippen molar-refractivity contribution in [3.63, 3.8) is 0 Å². The lowest BCUT2D eigenvalue weighted by Crippen LogP contribution is -2.19. The maximum absolute atomic E-state index is 12.5. The zero-order valence-electron chi connectivity index (χ0n) is 16.4. The first-order chi connectivity index (χ1) is 14.0. The van der Waals surface area contributed by atoms with E-state index in [4.69, 9.17) is 14.2 Å². The lowest BCUT2D eigenvalue weighted by molar-refractivity contribution is -0.149. The quantitative estimate of drug-likeness (QED) is 0.451. The summed E-state index contributed by atoms with van der Waals surface area (Å²) >= 11 is 0. The summed E-state index contributed by atoms with van der Waals surface area (Å²) in [6.07, 6.45) is 2.67. The van der Waals surface area contributed by atoms with Gasteiger partial charge in [0.2, 0.25) is 0 Å². The van der Waals surface area contributed by atoms with Gasteiger partial charge >= 0.3 is 5.97 Å². The molecule has 0 radical (unpaired) electrons. The van der Waals surface area contributed by atoms with Crippen molar-refractivity contribution in [3.05, 3.63) is 64.7 Å². The van der Waals surface area contributed by atoms with Crippen molar-refractivity contribution in [2.24, 2.45) is 5.10 Å². The molecule has 1 heterocycles. The number of hydrogen-bond donors (Lipinski definition) is 0. The van der Waals surface area contributed by atoms with Crippen molar-refractivity contribution in [2.75, 3.05) is 13.7 Å². The van der Waals surface area contributed by atoms with Crippen LogP contribution in [0.3, 0.4) is 0 Å². The highest BCUT2D eigenvalue weighted by Gasteiger charge is 2.10. The van der Waals surface area contributed by atoms with Gasteiger partial charge in [-0.25, -0.2) is 9.78 Å². The van der Waals surface area contributed by atoms with Gasteiger partial charge in [0.25, 0.3) is 5.56 Å². The molecule has 150 valence electrons. The van der Waals surface area contributed by atoms with Crippen LogP contribution < -0.4 is 15.0 Å². The van der Waals surface area contributed by atoms with E-state index in [0.29, 0.717) is 28.0 Å². The molecule has 0 saturated carbocycles. The zero-order valence-corrected chi connectivity index (χ0v) is 16.4. The van der Waals surface area contributed by atoms with Gasteiger partial charge in [-0.2, -0.15) is 9.78 Å². The smallest absolute Gasteiger partial charge is 0.344 e. The van der Waals surface area contributed by atoms with Crippen LogP contribution in [0.15, 0.2) is 58.7 Å². The molecule has 2 aromatic carbocycles. The third-order valence-corrected chi connectivity index (χ3v) is 3.88. The first kappa shape index (κ1) is 20.1. The van der Waals surface area contributed by atoms with Crippen LogP contribution in [0.2, 0.25) is 0 Å². The highest BCUT2D eigenvalue weighted by atomic mass is 16.6. The predicted molar refractivity (Wildman–Crippen MR) is 109 cm³/mol. The molecule has 0 amide bonds. The average molecular weight is 395 g/mol. The van der Waals surface area contributed by atoms with Gasteiger partial charge in [0.15, 0.2) is 18.1 Å². The standard InChI is InChI=1S/C21H21N3O5/c1-14(2)29-20(25)12-28-18-9-8-15(10-19(18)27-3)11-23-24-13-22-17-7-5-4-6-16(17)21(24)26/h4-11,13-14H,12H2,1-3H3/b23-11-. The van der Waals surface area contributed by atoms with Crippen molar-refractivity contribution < 1.29 is 19.0 Å². The molecule has 0 aliphatic rings. The SMILES string of the molecule is COc1cc(/C=N\n2cnc3ccccc3c2=O)ccc1OCC(=O)OC(C)C. The van der Waals surface area contributed by atoms with Crippen molar-refractivity contribution in [1.29, 1.82) is 0 Å². The van der Waals surface area contributed by atoms with Crippen LogP contribution in [0, 0.1) is 0 Å². The van der Waals surface area contributed by atoms with Crippen LogP contribution in [-0.2, 0) is 9.53 Å². The van der Waals surface area contributed by atoms with Crippen LogP contribution in [0.5, 0.6) is 11.5 Å². The van der Waals surface area contributed by atoms with Crippen LogP contribution in [0.1, 0.15) is 19.4 Å². The minimum absolute atomic E-state index is 0.209. The third kappa shape index (κ3) is 4.98. The Labute approximate surface area is 167 Å². The first-order valence-corrected chi connectivity index (χ1v) is 8.99. The van der Waals surface area contributed by atoms with Gasteiger partial charge in [-0.15, -0.1) is 0 Å². The Balaban J connectivity index is 1.77. The molecular formula is C21H21N3O5. The molecule has 8 heteroatoms. The Kier molecular flexibility index (Phi) is 6.23. The van der Waals surface area contributed by atoms with E-state index in [2.05, 4.69) is 10.1 Å². The summed E-state index contributed by atoms with van der Waals surface area (Å²) in [5.41, 5.74) is 1.03. The number of hydrogen-bond acceptors (Lipinski definition) is 7. The highest BCUT2D eigenvalue weighted by Crippen LogP contribution is 2.27. The fourth-order valence-corrected chi connectivity index (χ4v) is 2.59. The summed E-state index contributed by atoms with van der Waals surface area (Å²) in [6.45, 7) is 3.31. The number of aromatic nitrogens is 2. The Morgan fingerprint density at radius 3 is 2.76 bits per heavy atom. The van der Waals surface area contributed by atoms with Gasteiger partial charge in [-0.3, -0.25) is 4.79 Å². The van der Waals surface area contributed by atoms with Gasteiger partial charge in [0.1, 0.15) is 6.33 Å². The van der Waals surface area contributed by atoms with Crippen molar-refractivity contribution >= 4 is 23.1 Å². The zero-order chi connectivity index (χ0) is 20.8. The molecule has 29 heavy (non-hydrogen) atoms. The van der Waals surface area contributed by atoms with Gasteiger partial charge in [0.05, 0.1) is 30.3 Å². The molecule has 0 atom stereocenters. The van der Waals surface area contributed by atoms with Crippen LogP contribution >= 0.6 is 0 Å². The second kappa shape index (κ2) is 9.01. The molecule has 0 fully saturated rings. The van der Waals surface area contributed by atoms with Crippen LogP contribution in [0.4, 0.5) is 0 Å². The number of carbonyl (C=O) groups is 1. The number of rotatable bonds is 7. The normalized spacial score (nSPS) is 11.2. The van der Waals surface area contributed by atoms with E-state index in [-0.39, 0.29) is 18.3 Å². The summed E-state index contributed by atoms with van der Waals surface area (Å²) < 4.78 is 17.0. The Hall–Kier alpha value is -3.68. The molecule has 0 bridgehead atoms. The number of benzene rings is 2. The van der Waals surface area contributed by atoms with E-state index in [0.717, 1.165) is 0 Å². The number of fused-ring (bicyclic) bond motifs is 1. The minimum atomic E-state index is -0.462. The minimum Gasteiger partial charge on any atom is -0.493 e. The molecule has 0 aliphatic heterocycles. The Bertz CT molecular complexity index is 1100. The second-order valence-electron chi connectivity index (χ2n) is 6.39. The van der Waals surface area contributed by atoms with Crippen molar-refractivity contribution in [3.8, 4) is 11.5 Å². The van der Waals surface area contributed by atoms with Gasteiger partial charge in [0, 0.05) is 0 Å². The third-order valence-electron chi connectivity index (χ3n) is 3.88. The van der Waals surface area contributed by atoms with Gasteiger partial charge in [-0.05, 0) is 49.7 Å². The van der Waals surface area contributed by atoms with E-state index in [1.54, 1.807) is 50.2 Å². The maximum atomic E-state index is 12.5. The van der Waals surface area contributed by atoms with E-state index < -0.39 is 5.97 Å². The largest absolute Gasteiger partial charge is 0.493 e. The molecule has 0 aliphatic carbocycles. The fraction of sp³-hybridized carbons (Fsp3) is 0.238. The summed E-state index contributed by atoms with van der Waals surface area (Å²) in [7, 11) is 1.49. The number of nitrogens with zero attached hydrogens (tertiary/aromatic N) is 3. The first-order valence-electron chi connectivity index (χ1n) is 8.99. The molecule has 0 spiro atoms. The molecule has 8 nitrogen and oxygen atoms in total. The van der Waals surface area contributed by atoms with E-state index in [9.17, 15) is 9.59 Å². The van der Waals surface area contributed by atoms with Gasteiger partial charge < -0.3 is 14.2 Å². The van der Waals surface area contributed by atoms with E-state index in [1.165, 1.54) is 24.3 Å². The summed E-state index contributed by atoms with van der Waals surface area (Å²) in [4.78, 5) is 28.3. The average Bonchev–Trinajstić information content (AvgIpc) is 2.71. The van der Waals surface area contributed by atoms with Crippen molar-refractivity contribution in [2.45, 2.75) is 20.0 Å². The van der Waals surface area contributed by atoms with Gasteiger partial charge in [-0.1, -0.05) is 12.1 Å². The fourth-order valence-electron chi connectivity index (χ4n) is 2.59. The molecule has 0 N–H and O–H groups in total. The Morgan fingerprint density at radius 1 is 1.21 bits per heavy atom. The highest BCUT2D eigenvalue weighted by molar-refractivity contribution is 5.81. The molecule has 3 aromatic rings. The number of esters is 1. The summed E-state index contributed by atoms with van der Waals surface area (Å²) in [6, 6.07) is 12.1. The topological polar surface area (TPSA) is 92.0 Å². The Morgan fingerprint density at radius 2 is 2.00 bits per heavy atom.